The van der Waals surface area contributed by atoms with Gasteiger partial charge in [-0.05, 0) is 28.3 Å². The predicted octanol–water partition coefficient (Wildman–Crippen LogP) is 4.88. The van der Waals surface area contributed by atoms with Crippen LogP contribution in [0, 0.1) is 0 Å². The van der Waals surface area contributed by atoms with E-state index in [1.54, 1.807) is 12.1 Å². The number of hydrogen-bond donors (Lipinski definition) is 2. The van der Waals surface area contributed by atoms with Crippen molar-refractivity contribution in [3.05, 3.63) is 137 Å². The van der Waals surface area contributed by atoms with E-state index in [9.17, 15) is 14.7 Å². The summed E-state index contributed by atoms with van der Waals surface area (Å²) in [6.07, 6.45) is 1.59. The number of pyridine rings is 1. The Morgan fingerprint density at radius 1 is 0.794 bits per heavy atom. The Hall–Kier alpha value is -3.96. The lowest BCUT2D eigenvalue weighted by Crippen LogP contribution is -2.52. The lowest BCUT2D eigenvalue weighted by Gasteiger charge is -2.35. The van der Waals surface area contributed by atoms with Gasteiger partial charge in [0.05, 0.1) is 0 Å². The maximum Gasteiger partial charge on any atom is 0.326 e. The van der Waals surface area contributed by atoms with E-state index in [1.807, 2.05) is 91.0 Å². The molecule has 3 aromatic carbocycles. The van der Waals surface area contributed by atoms with Gasteiger partial charge in [0, 0.05) is 12.6 Å². The topological polar surface area (TPSA) is 79.3 Å². The number of carbonyl (C=O) groups excluding carboxylic acids is 1. The van der Waals surface area contributed by atoms with Gasteiger partial charge < -0.3 is 10.4 Å². The van der Waals surface area contributed by atoms with E-state index in [2.05, 4.69) is 10.3 Å². The number of nitrogens with one attached hydrogen (secondary N) is 1. The van der Waals surface area contributed by atoms with Crippen LogP contribution in [0.5, 0.6) is 0 Å². The van der Waals surface area contributed by atoms with Crippen LogP contribution in [0.4, 0.5) is 0 Å². The molecule has 1 heterocycles. The fraction of sp³-hybridized carbons (Fsp3) is 0.107. The minimum absolute atomic E-state index is 0.0691. The summed E-state index contributed by atoms with van der Waals surface area (Å²) in [7, 11) is 0. The second-order valence-electron chi connectivity index (χ2n) is 7.91. The van der Waals surface area contributed by atoms with Crippen LogP contribution in [0.1, 0.15) is 22.3 Å². The van der Waals surface area contributed by atoms with Crippen molar-refractivity contribution in [2.45, 2.75) is 17.9 Å². The Morgan fingerprint density at radius 3 is 1.65 bits per heavy atom. The number of carboxylic acid groups (broad SMARTS) is 1. The molecule has 0 bridgehead atoms. The SMILES string of the molecule is O=C(O)[C@@H](Cc1ccc(Cl)nc1)NC(=O)C(c1ccccc1)(c1ccccc1)c1ccccc1. The van der Waals surface area contributed by atoms with Gasteiger partial charge in [-0.25, -0.2) is 9.78 Å². The van der Waals surface area contributed by atoms with Crippen LogP contribution in [0.25, 0.3) is 0 Å². The number of aliphatic carboxylic acids is 1. The highest BCUT2D eigenvalue weighted by atomic mass is 35.5. The Kier molecular flexibility index (Phi) is 7.04. The van der Waals surface area contributed by atoms with E-state index in [4.69, 9.17) is 11.6 Å². The molecule has 0 saturated heterocycles. The van der Waals surface area contributed by atoms with Crippen LogP contribution in [-0.4, -0.2) is 28.0 Å². The van der Waals surface area contributed by atoms with Gasteiger partial charge in [-0.2, -0.15) is 0 Å². The zero-order valence-electron chi connectivity index (χ0n) is 18.3. The van der Waals surface area contributed by atoms with E-state index in [-0.39, 0.29) is 6.42 Å². The zero-order chi connectivity index (χ0) is 24.0. The van der Waals surface area contributed by atoms with Crippen molar-refractivity contribution in [2.75, 3.05) is 0 Å². The van der Waals surface area contributed by atoms with E-state index >= 15 is 0 Å². The monoisotopic (exact) mass is 470 g/mol. The third-order valence-electron chi connectivity index (χ3n) is 5.79. The Bertz CT molecular complexity index is 1150. The molecule has 1 amide bonds. The molecular weight excluding hydrogens is 448 g/mol. The highest BCUT2D eigenvalue weighted by Gasteiger charge is 2.45. The van der Waals surface area contributed by atoms with Crippen LogP contribution in [0.2, 0.25) is 5.15 Å². The van der Waals surface area contributed by atoms with Crippen molar-refractivity contribution < 1.29 is 14.7 Å². The molecule has 34 heavy (non-hydrogen) atoms. The number of nitrogens with zero attached hydrogens (tertiary/aromatic N) is 1. The molecule has 0 saturated carbocycles. The highest BCUT2D eigenvalue weighted by molar-refractivity contribution is 6.29. The molecule has 0 unspecified atom stereocenters. The molecule has 0 radical (unpaired) electrons. The van der Waals surface area contributed by atoms with E-state index in [0.29, 0.717) is 10.7 Å². The first-order chi connectivity index (χ1) is 16.5. The molecule has 0 spiro atoms. The average molecular weight is 471 g/mol. The minimum Gasteiger partial charge on any atom is -0.480 e. The van der Waals surface area contributed by atoms with Gasteiger partial charge in [0.2, 0.25) is 5.91 Å². The first kappa shape index (κ1) is 23.2. The van der Waals surface area contributed by atoms with Crippen LogP contribution in [0.3, 0.4) is 0 Å². The van der Waals surface area contributed by atoms with Crippen LogP contribution >= 0.6 is 11.6 Å². The van der Waals surface area contributed by atoms with Crippen molar-refractivity contribution in [1.82, 2.24) is 10.3 Å². The third-order valence-corrected chi connectivity index (χ3v) is 6.02. The summed E-state index contributed by atoms with van der Waals surface area (Å²) in [4.78, 5) is 30.4. The normalized spacial score (nSPS) is 12.0. The quantitative estimate of drug-likeness (QED) is 0.284. The largest absolute Gasteiger partial charge is 0.480 e. The number of halogens is 1. The smallest absolute Gasteiger partial charge is 0.326 e. The number of carboxylic acids is 1. The summed E-state index contributed by atoms with van der Waals surface area (Å²) in [6.45, 7) is 0. The number of hydrogen-bond acceptors (Lipinski definition) is 3. The van der Waals surface area contributed by atoms with Crippen LogP contribution in [0.15, 0.2) is 109 Å². The van der Waals surface area contributed by atoms with Gasteiger partial charge in [-0.1, -0.05) is 109 Å². The summed E-state index contributed by atoms with van der Waals surface area (Å²) in [5, 5.41) is 13.1. The lowest BCUT2D eigenvalue weighted by atomic mass is 9.68. The fourth-order valence-corrected chi connectivity index (χ4v) is 4.30. The van der Waals surface area contributed by atoms with Crippen molar-refractivity contribution in [1.29, 1.82) is 0 Å². The minimum atomic E-state index is -1.25. The second-order valence-corrected chi connectivity index (χ2v) is 8.29. The summed E-state index contributed by atoms with van der Waals surface area (Å²) < 4.78 is 0. The standard InChI is InChI=1S/C28H23ClN2O3/c29-25-17-16-20(19-30-25)18-24(26(32)33)31-27(34)28(21-10-4-1-5-11-21,22-12-6-2-7-13-22)23-14-8-3-9-15-23/h1-17,19,24H,18H2,(H,31,34)(H,32,33)/t24-/m1/s1. The number of rotatable bonds is 8. The van der Waals surface area contributed by atoms with Gasteiger partial charge in [-0.3, -0.25) is 4.79 Å². The Labute approximate surface area is 203 Å². The Balaban J connectivity index is 1.83. The third kappa shape index (κ3) is 4.70. The molecule has 0 fully saturated rings. The molecule has 0 aliphatic heterocycles. The van der Waals surface area contributed by atoms with E-state index in [1.165, 1.54) is 6.20 Å². The number of benzene rings is 3. The van der Waals surface area contributed by atoms with Crippen molar-refractivity contribution in [3.63, 3.8) is 0 Å². The number of amides is 1. The van der Waals surface area contributed by atoms with Gasteiger partial charge in [-0.15, -0.1) is 0 Å². The number of carbonyl (C=O) groups is 2. The predicted molar refractivity (Wildman–Crippen MR) is 132 cm³/mol. The first-order valence-electron chi connectivity index (χ1n) is 10.8. The fourth-order valence-electron chi connectivity index (χ4n) is 4.19. The molecule has 2 N–H and O–H groups in total. The van der Waals surface area contributed by atoms with E-state index in [0.717, 1.165) is 16.7 Å². The van der Waals surface area contributed by atoms with Crippen molar-refractivity contribution in [2.24, 2.45) is 0 Å². The average Bonchev–Trinajstić information content (AvgIpc) is 2.87. The molecule has 4 rings (SSSR count). The molecule has 0 aliphatic carbocycles. The highest BCUT2D eigenvalue weighted by Crippen LogP contribution is 2.39. The summed E-state index contributed by atoms with van der Waals surface area (Å²) >= 11 is 5.86. The van der Waals surface area contributed by atoms with Gasteiger partial charge in [0.25, 0.3) is 0 Å². The van der Waals surface area contributed by atoms with Gasteiger partial charge >= 0.3 is 5.97 Å². The molecule has 170 valence electrons. The summed E-state index contributed by atoms with van der Waals surface area (Å²) in [5.74, 6) is -1.56. The summed E-state index contributed by atoms with van der Waals surface area (Å²) in [6, 6.07) is 30.4. The molecule has 1 atom stereocenters. The Morgan fingerprint density at radius 2 is 1.26 bits per heavy atom. The van der Waals surface area contributed by atoms with Crippen LogP contribution < -0.4 is 5.32 Å². The molecule has 1 aromatic heterocycles. The molecular formula is C28H23ClN2O3. The molecule has 4 aromatic rings. The zero-order valence-corrected chi connectivity index (χ0v) is 19.0. The lowest BCUT2D eigenvalue weighted by molar-refractivity contribution is -0.142. The second kappa shape index (κ2) is 10.3. The van der Waals surface area contributed by atoms with Gasteiger partial charge in [0.1, 0.15) is 16.6 Å². The van der Waals surface area contributed by atoms with Crippen LogP contribution in [-0.2, 0) is 21.4 Å². The first-order valence-corrected chi connectivity index (χ1v) is 11.2. The maximum absolute atomic E-state index is 14.2. The molecule has 0 aliphatic rings. The van der Waals surface area contributed by atoms with Crippen molar-refractivity contribution in [3.8, 4) is 0 Å². The van der Waals surface area contributed by atoms with Crippen molar-refractivity contribution >= 4 is 23.5 Å². The maximum atomic E-state index is 14.2. The molecule has 6 heteroatoms. The molecule has 5 nitrogen and oxygen atoms in total. The summed E-state index contributed by atoms with van der Waals surface area (Å²) in [5.41, 5.74) is 1.61. The number of aromatic nitrogens is 1. The van der Waals surface area contributed by atoms with Gasteiger partial charge in [0.15, 0.2) is 0 Å². The van der Waals surface area contributed by atoms with E-state index < -0.39 is 23.3 Å².